The molecule has 9 heavy (non-hydrogen) atoms. The maximum atomic E-state index is 10.1. The summed E-state index contributed by atoms with van der Waals surface area (Å²) in [7, 11) is 1.42. The van der Waals surface area contributed by atoms with Gasteiger partial charge in [-0.25, -0.2) is 0 Å². The number of carbonyl (C=O) groups is 1. The van der Waals surface area contributed by atoms with Crippen LogP contribution in [0.2, 0.25) is 0 Å². The van der Waals surface area contributed by atoms with E-state index in [1.54, 1.807) is 6.92 Å². The van der Waals surface area contributed by atoms with E-state index in [1.165, 1.54) is 7.11 Å². The highest BCUT2D eigenvalue weighted by atomic mass is 35.5. The van der Waals surface area contributed by atoms with Crippen molar-refractivity contribution in [2.24, 2.45) is 0 Å². The molecule has 1 N–H and O–H groups in total. The second-order valence-corrected chi connectivity index (χ2v) is 2.15. The summed E-state index contributed by atoms with van der Waals surface area (Å²) in [4.78, 5) is 10.1. The Morgan fingerprint density at radius 1 is 1.78 bits per heavy atom. The predicted octanol–water partition coefficient (Wildman–Crippen LogP) is 0.713. The summed E-state index contributed by atoms with van der Waals surface area (Å²) in [6.07, 6.45) is -0.441. The van der Waals surface area contributed by atoms with Crippen LogP contribution in [0, 0.1) is 0 Å². The number of hydrogen-bond donors (Lipinski definition) is 1. The van der Waals surface area contributed by atoms with Gasteiger partial charge >= 0.3 is 5.97 Å². The van der Waals surface area contributed by atoms with Crippen molar-refractivity contribution >= 4 is 17.6 Å². The molecule has 2 atom stereocenters. The molecule has 0 amide bonds. The quantitative estimate of drug-likeness (QED) is 0.606. The standard InChI is InChI=1S/C5H9ClO3/c1-3(9-2)4(6)5(7)8/h3-4H,1-2H3,(H,7,8). The average Bonchev–Trinajstić information content (AvgIpc) is 1.84. The molecule has 0 fully saturated rings. The number of carboxylic acid groups (broad SMARTS) is 1. The first-order valence-electron chi connectivity index (χ1n) is 2.49. The van der Waals surface area contributed by atoms with Gasteiger partial charge in [-0.3, -0.25) is 4.79 Å². The van der Waals surface area contributed by atoms with E-state index in [-0.39, 0.29) is 0 Å². The van der Waals surface area contributed by atoms with Crippen molar-refractivity contribution in [1.29, 1.82) is 0 Å². The number of alkyl halides is 1. The summed E-state index contributed by atoms with van der Waals surface area (Å²) in [5, 5.41) is 7.32. The third-order valence-corrected chi connectivity index (χ3v) is 1.56. The average molecular weight is 153 g/mol. The molecule has 4 heteroatoms. The third kappa shape index (κ3) is 2.67. The molecule has 0 rings (SSSR count). The Bertz CT molecular complexity index is 104. The first kappa shape index (κ1) is 8.72. The molecule has 0 spiro atoms. The molecule has 0 radical (unpaired) electrons. The fourth-order valence-electron chi connectivity index (χ4n) is 0.320. The van der Waals surface area contributed by atoms with Crippen LogP contribution in [0.25, 0.3) is 0 Å². The molecule has 0 aliphatic rings. The number of hydrogen-bond acceptors (Lipinski definition) is 2. The topological polar surface area (TPSA) is 46.5 Å². The predicted molar refractivity (Wildman–Crippen MR) is 33.7 cm³/mol. The zero-order valence-electron chi connectivity index (χ0n) is 5.30. The first-order chi connectivity index (χ1) is 4.09. The van der Waals surface area contributed by atoms with E-state index in [4.69, 9.17) is 16.7 Å². The van der Waals surface area contributed by atoms with Crippen LogP contribution in [0.5, 0.6) is 0 Å². The van der Waals surface area contributed by atoms with E-state index < -0.39 is 17.5 Å². The minimum absolute atomic E-state index is 0.441. The Balaban J connectivity index is 3.72. The van der Waals surface area contributed by atoms with Crippen molar-refractivity contribution in [2.75, 3.05) is 7.11 Å². The number of methoxy groups -OCH3 is 1. The van der Waals surface area contributed by atoms with Crippen LogP contribution in [-0.4, -0.2) is 29.7 Å². The van der Waals surface area contributed by atoms with Crippen molar-refractivity contribution in [3.05, 3.63) is 0 Å². The van der Waals surface area contributed by atoms with E-state index in [1.807, 2.05) is 0 Å². The van der Waals surface area contributed by atoms with Gasteiger partial charge in [0, 0.05) is 7.11 Å². The number of rotatable bonds is 3. The van der Waals surface area contributed by atoms with Gasteiger partial charge in [0.05, 0.1) is 6.10 Å². The molecular weight excluding hydrogens is 144 g/mol. The monoisotopic (exact) mass is 152 g/mol. The lowest BCUT2D eigenvalue weighted by molar-refractivity contribution is -0.138. The summed E-state index contributed by atoms with van der Waals surface area (Å²) in [6.45, 7) is 1.60. The molecule has 0 aliphatic heterocycles. The lowest BCUT2D eigenvalue weighted by atomic mass is 10.3. The number of aliphatic carboxylic acids is 1. The molecule has 0 aromatic carbocycles. The Morgan fingerprint density at radius 3 is 2.33 bits per heavy atom. The number of halogens is 1. The van der Waals surface area contributed by atoms with Crippen molar-refractivity contribution in [3.63, 3.8) is 0 Å². The molecule has 0 saturated carbocycles. The van der Waals surface area contributed by atoms with Gasteiger partial charge in [-0.2, -0.15) is 0 Å². The molecule has 3 nitrogen and oxygen atoms in total. The van der Waals surface area contributed by atoms with Gasteiger partial charge in [0.25, 0.3) is 0 Å². The number of ether oxygens (including phenoxy) is 1. The lowest BCUT2D eigenvalue weighted by Crippen LogP contribution is -2.27. The van der Waals surface area contributed by atoms with Gasteiger partial charge in [-0.1, -0.05) is 0 Å². The van der Waals surface area contributed by atoms with Gasteiger partial charge in [-0.15, -0.1) is 11.6 Å². The Kier molecular flexibility index (Phi) is 3.58. The van der Waals surface area contributed by atoms with Crippen LogP contribution in [0.15, 0.2) is 0 Å². The van der Waals surface area contributed by atoms with Crippen LogP contribution in [0.4, 0.5) is 0 Å². The molecule has 0 heterocycles. The Labute approximate surface area is 58.6 Å². The molecule has 0 aliphatic carbocycles. The Morgan fingerprint density at radius 2 is 2.22 bits per heavy atom. The summed E-state index contributed by atoms with van der Waals surface area (Å²) < 4.78 is 4.66. The maximum Gasteiger partial charge on any atom is 0.324 e. The molecule has 0 bridgehead atoms. The third-order valence-electron chi connectivity index (χ3n) is 1.02. The normalized spacial score (nSPS) is 16.8. The van der Waals surface area contributed by atoms with E-state index in [0.29, 0.717) is 0 Å². The fourth-order valence-corrected chi connectivity index (χ4v) is 0.423. The zero-order valence-corrected chi connectivity index (χ0v) is 6.05. The second-order valence-electron chi connectivity index (χ2n) is 1.68. The summed E-state index contributed by atoms with van der Waals surface area (Å²) in [5.41, 5.74) is 0. The van der Waals surface area contributed by atoms with Crippen LogP contribution in [0.1, 0.15) is 6.92 Å². The maximum absolute atomic E-state index is 10.1. The Hall–Kier alpha value is -0.280. The van der Waals surface area contributed by atoms with Gasteiger partial charge < -0.3 is 9.84 Å². The van der Waals surface area contributed by atoms with Crippen molar-refractivity contribution in [2.45, 2.75) is 18.4 Å². The van der Waals surface area contributed by atoms with Gasteiger partial charge in [-0.05, 0) is 6.92 Å². The molecule has 0 aromatic rings. The molecule has 2 unspecified atom stereocenters. The van der Waals surface area contributed by atoms with Crippen molar-refractivity contribution in [1.82, 2.24) is 0 Å². The van der Waals surface area contributed by atoms with Crippen LogP contribution in [-0.2, 0) is 9.53 Å². The van der Waals surface area contributed by atoms with E-state index in [2.05, 4.69) is 4.74 Å². The minimum Gasteiger partial charge on any atom is -0.480 e. The molecule has 0 saturated heterocycles. The summed E-state index contributed by atoms with van der Waals surface area (Å²) >= 11 is 5.34. The van der Waals surface area contributed by atoms with Crippen LogP contribution < -0.4 is 0 Å². The zero-order chi connectivity index (χ0) is 7.44. The smallest absolute Gasteiger partial charge is 0.324 e. The minimum atomic E-state index is -1.05. The van der Waals surface area contributed by atoms with Gasteiger partial charge in [0.2, 0.25) is 0 Å². The van der Waals surface area contributed by atoms with E-state index in [9.17, 15) is 4.79 Å². The largest absolute Gasteiger partial charge is 0.480 e. The SMILES string of the molecule is COC(C)C(Cl)C(=O)O. The van der Waals surface area contributed by atoms with E-state index >= 15 is 0 Å². The molecular formula is C5H9ClO3. The first-order valence-corrected chi connectivity index (χ1v) is 2.93. The van der Waals surface area contributed by atoms with E-state index in [0.717, 1.165) is 0 Å². The van der Waals surface area contributed by atoms with Crippen molar-refractivity contribution < 1.29 is 14.6 Å². The van der Waals surface area contributed by atoms with Gasteiger partial charge in [0.15, 0.2) is 5.38 Å². The van der Waals surface area contributed by atoms with Crippen LogP contribution >= 0.6 is 11.6 Å². The number of carboxylic acids is 1. The highest BCUT2D eigenvalue weighted by Crippen LogP contribution is 2.04. The van der Waals surface area contributed by atoms with Crippen molar-refractivity contribution in [3.8, 4) is 0 Å². The molecule has 54 valence electrons. The second kappa shape index (κ2) is 3.69. The summed E-state index contributed by atoms with van der Waals surface area (Å²) in [5.74, 6) is -1.05. The lowest BCUT2D eigenvalue weighted by Gasteiger charge is -2.10. The van der Waals surface area contributed by atoms with Crippen LogP contribution in [0.3, 0.4) is 0 Å². The summed E-state index contributed by atoms with van der Waals surface area (Å²) in [6, 6.07) is 0. The van der Waals surface area contributed by atoms with Gasteiger partial charge in [0.1, 0.15) is 0 Å². The fraction of sp³-hybridized carbons (Fsp3) is 0.800. The highest BCUT2D eigenvalue weighted by molar-refractivity contribution is 6.30. The molecule has 0 aromatic heterocycles. The highest BCUT2D eigenvalue weighted by Gasteiger charge is 2.20.